The van der Waals surface area contributed by atoms with E-state index < -0.39 is 0 Å². The Hall–Kier alpha value is -0.790. The first-order chi connectivity index (χ1) is 4.86. The van der Waals surface area contributed by atoms with Gasteiger partial charge in [0, 0.05) is 6.20 Å². The second kappa shape index (κ2) is 2.11. The van der Waals surface area contributed by atoms with Gasteiger partial charge in [-0.05, 0) is 31.7 Å². The van der Waals surface area contributed by atoms with Crippen LogP contribution in [0.4, 0.5) is 0 Å². The largest absolute Gasteiger partial charge is 0.269 e. The maximum atomic E-state index is 4.25. The van der Waals surface area contributed by atoms with Crippen LogP contribution in [0, 0.1) is 6.92 Å². The molecule has 54 valence electrons. The maximum Gasteiger partial charge on any atom is 0.0519 e. The monoisotopic (exact) mass is 136 g/mol. The molecule has 1 aliphatic carbocycles. The third-order valence-electron chi connectivity index (χ3n) is 2.18. The molecule has 1 heterocycles. The summed E-state index contributed by atoms with van der Waals surface area (Å²) in [4.78, 5) is 0. The molecule has 2 heteroatoms. The van der Waals surface area contributed by atoms with Gasteiger partial charge in [-0.15, -0.1) is 0 Å². The number of hydrogen-bond acceptors (Lipinski definition) is 1. The Bertz CT molecular complexity index is 223. The van der Waals surface area contributed by atoms with Crippen LogP contribution in [0.1, 0.15) is 30.9 Å². The Balaban J connectivity index is 2.17. The van der Waals surface area contributed by atoms with Crippen LogP contribution in [-0.4, -0.2) is 9.78 Å². The Kier molecular flexibility index (Phi) is 1.26. The zero-order valence-electron chi connectivity index (χ0n) is 6.25. The molecule has 0 amide bonds. The van der Waals surface area contributed by atoms with Gasteiger partial charge in [-0.1, -0.05) is 0 Å². The maximum absolute atomic E-state index is 4.25. The summed E-state index contributed by atoms with van der Waals surface area (Å²) in [7, 11) is 0. The van der Waals surface area contributed by atoms with Crippen molar-refractivity contribution in [2.24, 2.45) is 0 Å². The van der Waals surface area contributed by atoms with Crippen molar-refractivity contribution in [3.8, 4) is 0 Å². The molecule has 0 radical (unpaired) electrons. The zero-order chi connectivity index (χ0) is 6.97. The second-order valence-corrected chi connectivity index (χ2v) is 3.08. The average molecular weight is 136 g/mol. The summed E-state index contributed by atoms with van der Waals surface area (Å²) < 4.78 is 2.10. The third-order valence-corrected chi connectivity index (χ3v) is 2.18. The van der Waals surface area contributed by atoms with Gasteiger partial charge in [0.2, 0.25) is 0 Å². The fraction of sp³-hybridized carbons (Fsp3) is 0.625. The molecular weight excluding hydrogens is 124 g/mol. The normalized spacial score (nSPS) is 18.9. The van der Waals surface area contributed by atoms with Crippen molar-refractivity contribution in [2.75, 3.05) is 0 Å². The zero-order valence-corrected chi connectivity index (χ0v) is 6.25. The summed E-state index contributed by atoms with van der Waals surface area (Å²) in [5.74, 6) is 0. The number of aryl methyl sites for hydroxylation is 1. The van der Waals surface area contributed by atoms with E-state index in [9.17, 15) is 0 Å². The van der Waals surface area contributed by atoms with Gasteiger partial charge < -0.3 is 0 Å². The number of hydrogen-bond donors (Lipinski definition) is 0. The van der Waals surface area contributed by atoms with Crippen LogP contribution in [0.25, 0.3) is 0 Å². The molecule has 1 aliphatic rings. The molecule has 0 atom stereocenters. The van der Waals surface area contributed by atoms with E-state index in [-0.39, 0.29) is 0 Å². The minimum atomic E-state index is 0.716. The molecule has 10 heavy (non-hydrogen) atoms. The van der Waals surface area contributed by atoms with E-state index in [4.69, 9.17) is 0 Å². The highest BCUT2D eigenvalue weighted by molar-refractivity contribution is 5.01. The smallest absolute Gasteiger partial charge is 0.0519 e. The van der Waals surface area contributed by atoms with E-state index in [1.807, 2.05) is 6.20 Å². The van der Waals surface area contributed by atoms with Crippen LogP contribution >= 0.6 is 0 Å². The minimum absolute atomic E-state index is 0.716. The Morgan fingerprint density at radius 1 is 1.60 bits per heavy atom. The molecule has 0 spiro atoms. The van der Waals surface area contributed by atoms with E-state index in [0.717, 1.165) is 0 Å². The molecule has 0 saturated heterocycles. The van der Waals surface area contributed by atoms with Crippen LogP contribution in [-0.2, 0) is 0 Å². The Morgan fingerprint density at radius 2 is 2.40 bits per heavy atom. The molecule has 0 unspecified atom stereocenters. The Morgan fingerprint density at radius 3 is 2.80 bits per heavy atom. The van der Waals surface area contributed by atoms with Gasteiger partial charge in [-0.2, -0.15) is 5.10 Å². The molecule has 1 aromatic rings. The summed E-state index contributed by atoms with van der Waals surface area (Å²) in [6.45, 7) is 2.09. The molecule has 0 aliphatic heterocycles. The fourth-order valence-corrected chi connectivity index (χ4v) is 1.28. The average Bonchev–Trinajstić information content (AvgIpc) is 2.10. The molecule has 1 saturated carbocycles. The first kappa shape index (κ1) is 5.96. The highest BCUT2D eigenvalue weighted by atomic mass is 15.3. The summed E-state index contributed by atoms with van der Waals surface area (Å²) in [6.07, 6.45) is 8.08. The van der Waals surface area contributed by atoms with Gasteiger partial charge in [-0.3, -0.25) is 4.68 Å². The predicted octanol–water partition coefficient (Wildman–Crippen LogP) is 1.92. The Labute approximate surface area is 60.9 Å². The fourth-order valence-electron chi connectivity index (χ4n) is 1.28. The van der Waals surface area contributed by atoms with Crippen molar-refractivity contribution in [2.45, 2.75) is 32.2 Å². The van der Waals surface area contributed by atoms with Gasteiger partial charge in [-0.25, -0.2) is 0 Å². The van der Waals surface area contributed by atoms with Crippen molar-refractivity contribution in [1.29, 1.82) is 0 Å². The topological polar surface area (TPSA) is 17.8 Å². The first-order valence-electron chi connectivity index (χ1n) is 3.87. The van der Waals surface area contributed by atoms with Crippen molar-refractivity contribution in [3.63, 3.8) is 0 Å². The molecular formula is C8H12N2. The van der Waals surface area contributed by atoms with Crippen LogP contribution in [0.3, 0.4) is 0 Å². The van der Waals surface area contributed by atoms with Crippen molar-refractivity contribution in [3.05, 3.63) is 18.0 Å². The lowest BCUT2D eigenvalue weighted by atomic mass is 9.93. The van der Waals surface area contributed by atoms with Gasteiger partial charge in [0.1, 0.15) is 0 Å². The summed E-state index contributed by atoms with van der Waals surface area (Å²) >= 11 is 0. The van der Waals surface area contributed by atoms with E-state index in [1.165, 1.54) is 24.8 Å². The third kappa shape index (κ3) is 0.838. The van der Waals surface area contributed by atoms with E-state index in [0.29, 0.717) is 6.04 Å². The number of nitrogens with zero attached hydrogens (tertiary/aromatic N) is 2. The summed E-state index contributed by atoms with van der Waals surface area (Å²) in [6, 6.07) is 0.716. The van der Waals surface area contributed by atoms with Crippen LogP contribution < -0.4 is 0 Å². The molecule has 0 aromatic carbocycles. The molecule has 2 nitrogen and oxygen atoms in total. The standard InChI is InChI=1S/C8H12N2/c1-7-5-9-10(6-7)8-3-2-4-8/h5-6,8H,2-4H2,1H3. The van der Waals surface area contributed by atoms with Crippen molar-refractivity contribution < 1.29 is 0 Å². The second-order valence-electron chi connectivity index (χ2n) is 3.08. The van der Waals surface area contributed by atoms with Gasteiger partial charge in [0.05, 0.1) is 12.2 Å². The minimum Gasteiger partial charge on any atom is -0.269 e. The number of rotatable bonds is 1. The van der Waals surface area contributed by atoms with Crippen molar-refractivity contribution in [1.82, 2.24) is 9.78 Å². The molecule has 2 rings (SSSR count). The highest BCUT2D eigenvalue weighted by Crippen LogP contribution is 2.30. The van der Waals surface area contributed by atoms with Gasteiger partial charge >= 0.3 is 0 Å². The summed E-state index contributed by atoms with van der Waals surface area (Å²) in [5.41, 5.74) is 1.27. The van der Waals surface area contributed by atoms with Gasteiger partial charge in [0.15, 0.2) is 0 Å². The predicted molar refractivity (Wildman–Crippen MR) is 39.9 cm³/mol. The molecule has 1 fully saturated rings. The molecule has 0 N–H and O–H groups in total. The first-order valence-corrected chi connectivity index (χ1v) is 3.87. The molecule has 0 bridgehead atoms. The summed E-state index contributed by atoms with van der Waals surface area (Å²) in [5, 5.41) is 4.25. The van der Waals surface area contributed by atoms with E-state index in [2.05, 4.69) is 22.9 Å². The van der Waals surface area contributed by atoms with Crippen molar-refractivity contribution >= 4 is 0 Å². The van der Waals surface area contributed by atoms with Crippen LogP contribution in [0.15, 0.2) is 12.4 Å². The van der Waals surface area contributed by atoms with Gasteiger partial charge in [0.25, 0.3) is 0 Å². The highest BCUT2D eigenvalue weighted by Gasteiger charge is 2.19. The quantitative estimate of drug-likeness (QED) is 0.576. The van der Waals surface area contributed by atoms with E-state index >= 15 is 0 Å². The lowest BCUT2D eigenvalue weighted by Crippen LogP contribution is -2.16. The lowest BCUT2D eigenvalue weighted by Gasteiger charge is -2.25. The molecule has 1 aromatic heterocycles. The number of aromatic nitrogens is 2. The SMILES string of the molecule is Cc1cnn(C2CCC2)c1. The van der Waals surface area contributed by atoms with Crippen LogP contribution in [0.2, 0.25) is 0 Å². The van der Waals surface area contributed by atoms with Crippen LogP contribution in [0.5, 0.6) is 0 Å². The lowest BCUT2D eigenvalue weighted by molar-refractivity contribution is 0.289. The van der Waals surface area contributed by atoms with E-state index in [1.54, 1.807) is 0 Å².